The zero-order valence-corrected chi connectivity index (χ0v) is 12.4. The van der Waals surface area contributed by atoms with Gasteiger partial charge in [-0.25, -0.2) is 9.97 Å². The van der Waals surface area contributed by atoms with Gasteiger partial charge in [0, 0.05) is 30.7 Å². The summed E-state index contributed by atoms with van der Waals surface area (Å²) >= 11 is 0. The fourth-order valence-electron chi connectivity index (χ4n) is 2.50. The Hall–Kier alpha value is -3.21. The lowest BCUT2D eigenvalue weighted by Gasteiger charge is -2.05. The Balaban J connectivity index is 1.61. The summed E-state index contributed by atoms with van der Waals surface area (Å²) < 4.78 is 0. The highest BCUT2D eigenvalue weighted by Crippen LogP contribution is 2.17. The third-order valence-corrected chi connectivity index (χ3v) is 3.60. The number of aromatic nitrogens is 5. The second-order valence-corrected chi connectivity index (χ2v) is 5.23. The minimum Gasteiger partial charge on any atom is -0.360 e. The van der Waals surface area contributed by atoms with Crippen molar-refractivity contribution in [1.29, 1.82) is 0 Å². The van der Waals surface area contributed by atoms with Gasteiger partial charge in [-0.1, -0.05) is 6.07 Å². The number of nitrogens with one attached hydrogen (secondary N) is 2. The first-order valence-electron chi connectivity index (χ1n) is 7.44. The molecule has 0 spiro atoms. The molecule has 0 saturated carbocycles. The molecule has 4 aromatic rings. The number of pyridine rings is 1. The van der Waals surface area contributed by atoms with Gasteiger partial charge in [-0.2, -0.15) is 0 Å². The number of H-pyrrole nitrogens is 2. The highest BCUT2D eigenvalue weighted by atomic mass is 14.9. The molecule has 0 saturated heterocycles. The van der Waals surface area contributed by atoms with Gasteiger partial charge >= 0.3 is 0 Å². The average Bonchev–Trinajstić information content (AvgIpc) is 3.29. The number of rotatable bonds is 4. The second-order valence-electron chi connectivity index (χ2n) is 5.23. The van der Waals surface area contributed by atoms with Crippen LogP contribution in [0.1, 0.15) is 11.4 Å². The highest BCUT2D eigenvalue weighted by Gasteiger charge is 2.06. The lowest BCUT2D eigenvalue weighted by molar-refractivity contribution is 0.988. The Kier molecular flexibility index (Phi) is 3.44. The van der Waals surface area contributed by atoms with Gasteiger partial charge in [0.1, 0.15) is 0 Å². The van der Waals surface area contributed by atoms with Crippen LogP contribution >= 0.6 is 0 Å². The molecule has 0 unspecified atom stereocenters. The Bertz CT molecular complexity index is 819. The van der Waals surface area contributed by atoms with E-state index in [9.17, 15) is 0 Å². The van der Waals surface area contributed by atoms with Gasteiger partial charge in [0.05, 0.1) is 22.8 Å². The Labute approximate surface area is 133 Å². The number of nitrogens with zero attached hydrogens (tertiary/aromatic N) is 3. The van der Waals surface area contributed by atoms with Crippen LogP contribution in [0.3, 0.4) is 0 Å². The summed E-state index contributed by atoms with van der Waals surface area (Å²) in [5, 5.41) is 0. The molecule has 0 aliphatic rings. The smallest absolute Gasteiger partial charge is 0.176 e. The molecule has 5 nitrogen and oxygen atoms in total. The van der Waals surface area contributed by atoms with E-state index in [1.54, 1.807) is 6.20 Å². The zero-order chi connectivity index (χ0) is 15.5. The van der Waals surface area contributed by atoms with E-state index in [1.807, 2.05) is 60.9 Å². The maximum absolute atomic E-state index is 4.70. The van der Waals surface area contributed by atoms with E-state index < -0.39 is 0 Å². The summed E-state index contributed by atoms with van der Waals surface area (Å²) in [4.78, 5) is 19.9. The molecule has 0 aliphatic heterocycles. The largest absolute Gasteiger partial charge is 0.360 e. The highest BCUT2D eigenvalue weighted by molar-refractivity contribution is 5.54. The van der Waals surface area contributed by atoms with Crippen LogP contribution in [0.4, 0.5) is 0 Å². The van der Waals surface area contributed by atoms with Crippen molar-refractivity contribution in [3.8, 4) is 22.9 Å². The molecule has 23 heavy (non-hydrogen) atoms. The van der Waals surface area contributed by atoms with Gasteiger partial charge in [0.2, 0.25) is 0 Å². The molecule has 112 valence electrons. The zero-order valence-electron chi connectivity index (χ0n) is 12.4. The molecule has 0 aliphatic carbocycles. The molecular formula is C18H15N5. The van der Waals surface area contributed by atoms with Crippen molar-refractivity contribution in [2.75, 3.05) is 0 Å². The van der Waals surface area contributed by atoms with Gasteiger partial charge in [-0.15, -0.1) is 0 Å². The van der Waals surface area contributed by atoms with Crippen LogP contribution in [0, 0.1) is 0 Å². The second kappa shape index (κ2) is 5.88. The summed E-state index contributed by atoms with van der Waals surface area (Å²) in [7, 11) is 0. The fraction of sp³-hybridized carbons (Fsp3) is 0.0556. The van der Waals surface area contributed by atoms with Crippen molar-refractivity contribution in [3.63, 3.8) is 0 Å². The molecule has 0 amide bonds. The predicted molar refractivity (Wildman–Crippen MR) is 88.6 cm³/mol. The minimum absolute atomic E-state index is 0.671. The minimum atomic E-state index is 0.671. The molecule has 4 rings (SSSR count). The standard InChI is InChI=1S/C18H15N5/c1-4-13(22-16(5-1)15-6-2-9-19-15)12-14-8-11-21-18(23-14)17-7-3-10-20-17/h1-11,19-20H,12H2. The lowest BCUT2D eigenvalue weighted by Crippen LogP contribution is -1.99. The Morgan fingerprint density at radius 2 is 1.52 bits per heavy atom. The number of hydrogen-bond donors (Lipinski definition) is 2. The van der Waals surface area contributed by atoms with Gasteiger partial charge in [0.15, 0.2) is 5.82 Å². The number of hydrogen-bond acceptors (Lipinski definition) is 3. The van der Waals surface area contributed by atoms with Crippen molar-refractivity contribution in [2.45, 2.75) is 6.42 Å². The molecule has 0 radical (unpaired) electrons. The molecule has 5 heteroatoms. The SMILES string of the molecule is c1cc(Cc2ccnc(-c3ccc[nH]3)n2)nc(-c2ccc[nH]2)c1. The normalized spacial score (nSPS) is 10.8. The monoisotopic (exact) mass is 301 g/mol. The van der Waals surface area contributed by atoms with Crippen LogP contribution in [-0.4, -0.2) is 24.9 Å². The van der Waals surface area contributed by atoms with E-state index in [1.165, 1.54) is 0 Å². The van der Waals surface area contributed by atoms with Crippen molar-refractivity contribution in [2.24, 2.45) is 0 Å². The first-order chi connectivity index (χ1) is 11.4. The predicted octanol–water partition coefficient (Wildman–Crippen LogP) is 3.45. The molecule has 4 aromatic heterocycles. The van der Waals surface area contributed by atoms with E-state index in [0.29, 0.717) is 12.2 Å². The average molecular weight is 301 g/mol. The van der Waals surface area contributed by atoms with Crippen molar-refractivity contribution < 1.29 is 0 Å². The molecule has 0 fully saturated rings. The van der Waals surface area contributed by atoms with Gasteiger partial charge in [-0.05, 0) is 42.5 Å². The van der Waals surface area contributed by atoms with Gasteiger partial charge in [-0.3, -0.25) is 4.98 Å². The van der Waals surface area contributed by atoms with Crippen LogP contribution in [0.15, 0.2) is 67.1 Å². The van der Waals surface area contributed by atoms with Crippen LogP contribution < -0.4 is 0 Å². The van der Waals surface area contributed by atoms with Gasteiger partial charge < -0.3 is 9.97 Å². The topological polar surface area (TPSA) is 70.2 Å². The van der Waals surface area contributed by atoms with Crippen molar-refractivity contribution >= 4 is 0 Å². The Morgan fingerprint density at radius 3 is 2.30 bits per heavy atom. The van der Waals surface area contributed by atoms with Crippen molar-refractivity contribution in [3.05, 3.63) is 78.5 Å². The van der Waals surface area contributed by atoms with Crippen LogP contribution in [0.5, 0.6) is 0 Å². The summed E-state index contributed by atoms with van der Waals surface area (Å²) in [5.74, 6) is 0.702. The molecule has 0 aromatic carbocycles. The molecular weight excluding hydrogens is 286 g/mol. The maximum atomic E-state index is 4.70. The van der Waals surface area contributed by atoms with Crippen LogP contribution in [0.25, 0.3) is 22.9 Å². The maximum Gasteiger partial charge on any atom is 0.176 e. The fourth-order valence-corrected chi connectivity index (χ4v) is 2.50. The lowest BCUT2D eigenvalue weighted by atomic mass is 10.2. The summed E-state index contributed by atoms with van der Waals surface area (Å²) in [6, 6.07) is 15.8. The van der Waals surface area contributed by atoms with E-state index in [4.69, 9.17) is 4.98 Å². The molecule has 4 heterocycles. The first kappa shape index (κ1) is 13.5. The molecule has 0 atom stereocenters. The van der Waals surface area contributed by atoms with Crippen molar-refractivity contribution in [1.82, 2.24) is 24.9 Å². The summed E-state index contributed by atoms with van der Waals surface area (Å²) in [6.07, 6.45) is 6.22. The third-order valence-electron chi connectivity index (χ3n) is 3.60. The quantitative estimate of drug-likeness (QED) is 0.606. The third kappa shape index (κ3) is 2.89. The van der Waals surface area contributed by atoms with Crippen LogP contribution in [-0.2, 0) is 6.42 Å². The summed E-state index contributed by atoms with van der Waals surface area (Å²) in [5.41, 5.74) is 4.79. The van der Waals surface area contributed by atoms with E-state index >= 15 is 0 Å². The number of aromatic amines is 2. The first-order valence-corrected chi connectivity index (χ1v) is 7.44. The van der Waals surface area contributed by atoms with Crippen LogP contribution in [0.2, 0.25) is 0 Å². The molecule has 2 N–H and O–H groups in total. The molecule has 0 bridgehead atoms. The van der Waals surface area contributed by atoms with Gasteiger partial charge in [0.25, 0.3) is 0 Å². The van der Waals surface area contributed by atoms with E-state index in [-0.39, 0.29) is 0 Å². The summed E-state index contributed by atoms with van der Waals surface area (Å²) in [6.45, 7) is 0. The van der Waals surface area contributed by atoms with E-state index in [0.717, 1.165) is 28.5 Å². The van der Waals surface area contributed by atoms with E-state index in [2.05, 4.69) is 19.9 Å². The Morgan fingerprint density at radius 1 is 0.739 bits per heavy atom.